The van der Waals surface area contributed by atoms with Gasteiger partial charge in [-0.25, -0.2) is 9.97 Å². The molecule has 0 fully saturated rings. The summed E-state index contributed by atoms with van der Waals surface area (Å²) in [5.74, 6) is 0.672. The van der Waals surface area contributed by atoms with E-state index in [1.54, 1.807) is 0 Å². The van der Waals surface area contributed by atoms with E-state index in [2.05, 4.69) is 118 Å². The van der Waals surface area contributed by atoms with Crippen LogP contribution in [0.3, 0.4) is 0 Å². The molecule has 0 atom stereocenters. The van der Waals surface area contributed by atoms with Crippen LogP contribution in [0.2, 0.25) is 0 Å². The Bertz CT molecular complexity index is 1880. The quantitative estimate of drug-likeness (QED) is 0.239. The predicted octanol–water partition coefficient (Wildman–Crippen LogP) is 8.31. The van der Waals surface area contributed by atoms with Gasteiger partial charge in [0.25, 0.3) is 0 Å². The van der Waals surface area contributed by atoms with Crippen LogP contribution in [-0.2, 0) is 0 Å². The second kappa shape index (κ2) is 7.51. The summed E-state index contributed by atoms with van der Waals surface area (Å²) in [5.41, 5.74) is 5.11. The van der Waals surface area contributed by atoms with Crippen LogP contribution in [0.4, 0.5) is 0 Å². The van der Waals surface area contributed by atoms with Gasteiger partial charge in [-0.15, -0.1) is 0 Å². The number of fused-ring (bicyclic) bond motifs is 5. The molecule has 0 aliphatic rings. The Morgan fingerprint density at radius 3 is 2.24 bits per heavy atom. The number of hydrogen-bond donors (Lipinski definition) is 0. The molecule has 0 radical (unpaired) electrons. The molecule has 2 aromatic heterocycles. The minimum absolute atomic E-state index is 0.672. The fourth-order valence-electron chi connectivity index (χ4n) is 4.91. The fraction of sp³-hybridized carbons (Fsp3) is 0. The lowest BCUT2D eigenvalue weighted by Gasteiger charge is -2.12. The number of rotatable bonds is 2. The first-order valence-corrected chi connectivity index (χ1v) is 12.0. The highest BCUT2D eigenvalue weighted by Gasteiger charge is 2.18. The first-order chi connectivity index (χ1) is 16.8. The first-order valence-electron chi connectivity index (χ1n) is 11.2. The maximum Gasteiger partial charge on any atom is 0.235 e. The first kappa shape index (κ1) is 19.4. The Morgan fingerprint density at radius 1 is 0.588 bits per heavy atom. The fourth-order valence-corrected chi connectivity index (χ4v) is 5.48. The molecule has 0 aliphatic heterocycles. The van der Waals surface area contributed by atoms with E-state index in [0.29, 0.717) is 5.95 Å². The van der Waals surface area contributed by atoms with Crippen LogP contribution in [-0.4, -0.2) is 14.5 Å². The molecule has 3 nitrogen and oxygen atoms in total. The molecule has 0 amide bonds. The topological polar surface area (TPSA) is 30.7 Å². The normalized spacial score (nSPS) is 11.7. The highest BCUT2D eigenvalue weighted by Crippen LogP contribution is 2.37. The minimum atomic E-state index is 0.672. The minimum Gasteiger partial charge on any atom is -0.278 e. The maximum absolute atomic E-state index is 5.19. The zero-order valence-corrected chi connectivity index (χ0v) is 19.7. The molecular weight excluding hydrogens is 482 g/mol. The van der Waals surface area contributed by atoms with Gasteiger partial charge in [-0.2, -0.15) is 0 Å². The van der Waals surface area contributed by atoms with Crippen molar-refractivity contribution in [2.75, 3.05) is 0 Å². The van der Waals surface area contributed by atoms with Crippen molar-refractivity contribution in [3.8, 4) is 17.2 Å². The van der Waals surface area contributed by atoms with E-state index in [1.807, 2.05) is 12.1 Å². The summed E-state index contributed by atoms with van der Waals surface area (Å²) >= 11 is 3.76. The van der Waals surface area contributed by atoms with Crippen molar-refractivity contribution in [1.82, 2.24) is 14.5 Å². The Balaban J connectivity index is 1.59. The van der Waals surface area contributed by atoms with Crippen LogP contribution in [0.5, 0.6) is 0 Å². The smallest absolute Gasteiger partial charge is 0.235 e. The van der Waals surface area contributed by atoms with E-state index in [-0.39, 0.29) is 0 Å². The molecular formula is C30H18BrN3. The summed E-state index contributed by atoms with van der Waals surface area (Å²) in [5, 5.41) is 5.81. The second-order valence-corrected chi connectivity index (χ2v) is 9.29. The Labute approximate surface area is 204 Å². The van der Waals surface area contributed by atoms with Gasteiger partial charge in [-0.05, 0) is 41.1 Å². The third-order valence-corrected chi connectivity index (χ3v) is 7.12. The number of benzene rings is 5. The molecule has 0 saturated carbocycles. The highest BCUT2D eigenvalue weighted by molar-refractivity contribution is 9.10. The van der Waals surface area contributed by atoms with Crippen molar-refractivity contribution < 1.29 is 0 Å². The molecule has 0 aliphatic carbocycles. The molecule has 34 heavy (non-hydrogen) atoms. The zero-order chi connectivity index (χ0) is 22.6. The molecule has 0 saturated heterocycles. The lowest BCUT2D eigenvalue weighted by molar-refractivity contribution is 1.01. The Morgan fingerprint density at radius 2 is 1.32 bits per heavy atom. The molecule has 7 aromatic rings. The second-order valence-electron chi connectivity index (χ2n) is 8.44. The van der Waals surface area contributed by atoms with Gasteiger partial charge in [-0.3, -0.25) is 4.57 Å². The van der Waals surface area contributed by atoms with E-state index in [4.69, 9.17) is 9.97 Å². The summed E-state index contributed by atoms with van der Waals surface area (Å²) < 4.78 is 3.24. The predicted molar refractivity (Wildman–Crippen MR) is 145 cm³/mol. The van der Waals surface area contributed by atoms with Gasteiger partial charge < -0.3 is 0 Å². The monoisotopic (exact) mass is 499 g/mol. The Hall–Kier alpha value is -4.02. The van der Waals surface area contributed by atoms with E-state index in [9.17, 15) is 0 Å². The summed E-state index contributed by atoms with van der Waals surface area (Å²) in [4.78, 5) is 10.2. The van der Waals surface area contributed by atoms with Gasteiger partial charge in [-0.1, -0.05) is 94.8 Å². The standard InChI is InChI=1S/C30H18BrN3/c31-24-12-7-15-27-28(24)23-11-4-6-14-26(23)34(27)30-32-25-13-5-3-10-22(25)29(33-30)21-17-16-19-8-1-2-9-20(19)18-21/h1-18H. The number of para-hydroxylation sites is 2. The highest BCUT2D eigenvalue weighted by atomic mass is 79.9. The average molecular weight is 500 g/mol. The molecule has 7 rings (SSSR count). The molecule has 0 unspecified atom stereocenters. The average Bonchev–Trinajstić information content (AvgIpc) is 3.23. The molecule has 0 spiro atoms. The van der Waals surface area contributed by atoms with Crippen LogP contribution in [0, 0.1) is 0 Å². The number of halogens is 1. The summed E-state index contributed by atoms with van der Waals surface area (Å²) in [7, 11) is 0. The van der Waals surface area contributed by atoms with Crippen molar-refractivity contribution in [3.05, 3.63) is 114 Å². The van der Waals surface area contributed by atoms with Crippen LogP contribution < -0.4 is 0 Å². The van der Waals surface area contributed by atoms with Crippen LogP contribution in [0.1, 0.15) is 0 Å². The van der Waals surface area contributed by atoms with Gasteiger partial charge in [0, 0.05) is 26.2 Å². The third kappa shape index (κ3) is 2.89. The summed E-state index contributed by atoms with van der Waals surface area (Å²) in [6.07, 6.45) is 0. The molecule has 4 heteroatoms. The zero-order valence-electron chi connectivity index (χ0n) is 18.1. The van der Waals surface area contributed by atoms with E-state index in [1.165, 1.54) is 21.5 Å². The van der Waals surface area contributed by atoms with Gasteiger partial charge in [0.15, 0.2) is 0 Å². The van der Waals surface area contributed by atoms with Crippen LogP contribution in [0.15, 0.2) is 114 Å². The lowest BCUT2D eigenvalue weighted by Crippen LogP contribution is -2.03. The number of hydrogen-bond acceptors (Lipinski definition) is 2. The summed E-state index contributed by atoms with van der Waals surface area (Å²) in [6, 6.07) is 37.9. The largest absolute Gasteiger partial charge is 0.278 e. The molecule has 0 N–H and O–H groups in total. The van der Waals surface area contributed by atoms with Crippen LogP contribution >= 0.6 is 15.9 Å². The Kier molecular flexibility index (Phi) is 4.29. The van der Waals surface area contributed by atoms with Crippen molar-refractivity contribution in [1.29, 1.82) is 0 Å². The molecule has 5 aromatic carbocycles. The number of aromatic nitrogens is 3. The van der Waals surface area contributed by atoms with E-state index >= 15 is 0 Å². The molecule has 0 bridgehead atoms. The summed E-state index contributed by atoms with van der Waals surface area (Å²) in [6.45, 7) is 0. The van der Waals surface area contributed by atoms with Crippen molar-refractivity contribution in [3.63, 3.8) is 0 Å². The number of nitrogens with zero attached hydrogens (tertiary/aromatic N) is 3. The van der Waals surface area contributed by atoms with Gasteiger partial charge >= 0.3 is 0 Å². The van der Waals surface area contributed by atoms with Gasteiger partial charge in [0.05, 0.1) is 22.2 Å². The van der Waals surface area contributed by atoms with Gasteiger partial charge in [0.1, 0.15) is 0 Å². The van der Waals surface area contributed by atoms with Crippen LogP contribution in [0.25, 0.3) is 60.7 Å². The molecule has 2 heterocycles. The van der Waals surface area contributed by atoms with Gasteiger partial charge in [0.2, 0.25) is 5.95 Å². The van der Waals surface area contributed by atoms with Crippen molar-refractivity contribution in [2.45, 2.75) is 0 Å². The molecule has 160 valence electrons. The van der Waals surface area contributed by atoms with Crippen molar-refractivity contribution >= 4 is 59.4 Å². The lowest BCUT2D eigenvalue weighted by atomic mass is 10.0. The SMILES string of the molecule is Brc1cccc2c1c1ccccc1n2-c1nc(-c2ccc3ccccc3c2)c2ccccc2n1. The van der Waals surface area contributed by atoms with Crippen molar-refractivity contribution in [2.24, 2.45) is 0 Å². The maximum atomic E-state index is 5.19. The third-order valence-electron chi connectivity index (χ3n) is 6.46. The van der Waals surface area contributed by atoms with E-state index in [0.717, 1.165) is 37.7 Å². The van der Waals surface area contributed by atoms with E-state index < -0.39 is 0 Å².